The van der Waals surface area contributed by atoms with Crippen LogP contribution in [0.15, 0.2) is 88.5 Å². The second kappa shape index (κ2) is 5.71. The van der Waals surface area contributed by atoms with Crippen molar-refractivity contribution in [3.63, 3.8) is 0 Å². The zero-order valence-corrected chi connectivity index (χ0v) is 14.7. The number of rotatable bonds is 2. The van der Waals surface area contributed by atoms with Crippen molar-refractivity contribution in [3.8, 4) is 16.8 Å². The van der Waals surface area contributed by atoms with Crippen LogP contribution in [0.2, 0.25) is 0 Å². The molecule has 0 saturated carbocycles. The minimum absolute atomic E-state index is 0.326. The summed E-state index contributed by atoms with van der Waals surface area (Å²) >= 11 is 0. The van der Waals surface area contributed by atoms with Crippen LogP contribution in [0.1, 0.15) is 17.2 Å². The van der Waals surface area contributed by atoms with Gasteiger partial charge >= 0.3 is 11.4 Å². The number of hydrogen-bond acceptors (Lipinski definition) is 2. The van der Waals surface area contributed by atoms with E-state index in [9.17, 15) is 9.59 Å². The number of fused-ring (bicyclic) bond motifs is 3. The third-order valence-corrected chi connectivity index (χ3v) is 5.24. The molecule has 1 heterocycles. The summed E-state index contributed by atoms with van der Waals surface area (Å²) in [6, 6.07) is 24.8. The summed E-state index contributed by atoms with van der Waals surface area (Å²) in [5.41, 5.74) is 4.14. The lowest BCUT2D eigenvalue weighted by atomic mass is 10.1. The molecule has 132 valence electrons. The van der Waals surface area contributed by atoms with Crippen LogP contribution in [-0.4, -0.2) is 13.9 Å². The van der Waals surface area contributed by atoms with Crippen LogP contribution in [-0.2, 0) is 7.05 Å². The van der Waals surface area contributed by atoms with Crippen LogP contribution in [0.5, 0.6) is 0 Å². The summed E-state index contributed by atoms with van der Waals surface area (Å²) in [5, 5.41) is 0. The first kappa shape index (κ1) is 15.6. The maximum atomic E-state index is 13.3. The highest BCUT2D eigenvalue weighted by atomic mass is 16.2. The summed E-state index contributed by atoms with van der Waals surface area (Å²) < 4.78 is 4.20. The number of nitrogens with zero attached hydrogens (tertiary/aromatic N) is 3. The van der Waals surface area contributed by atoms with E-state index >= 15 is 0 Å². The molecule has 0 bridgehead atoms. The largest absolute Gasteiger partial charge is 0.352 e. The predicted octanol–water partition coefficient (Wildman–Crippen LogP) is 2.96. The average molecular weight is 355 g/mol. The van der Waals surface area contributed by atoms with Gasteiger partial charge in [-0.1, -0.05) is 66.7 Å². The first-order valence-electron chi connectivity index (χ1n) is 8.82. The summed E-state index contributed by atoms with van der Waals surface area (Å²) in [5.74, 6) is 0. The molecule has 5 rings (SSSR count). The Morgan fingerprint density at radius 2 is 1.19 bits per heavy atom. The van der Waals surface area contributed by atoms with Gasteiger partial charge < -0.3 is 0 Å². The molecule has 0 aliphatic heterocycles. The molecule has 0 N–H and O–H groups in total. The molecular weight excluding hydrogens is 338 g/mol. The Balaban J connectivity index is 1.83. The van der Waals surface area contributed by atoms with Crippen LogP contribution in [0, 0.1) is 0 Å². The highest BCUT2D eigenvalue weighted by molar-refractivity contribution is 5.78. The first-order valence-corrected chi connectivity index (χ1v) is 8.82. The molecule has 0 unspecified atom stereocenters. The van der Waals surface area contributed by atoms with E-state index in [0.29, 0.717) is 5.69 Å². The normalized spacial score (nSPS) is 12.8. The van der Waals surface area contributed by atoms with E-state index in [4.69, 9.17) is 0 Å². The minimum atomic E-state index is -0.354. The van der Waals surface area contributed by atoms with Gasteiger partial charge in [0.1, 0.15) is 6.04 Å². The van der Waals surface area contributed by atoms with Crippen molar-refractivity contribution in [2.75, 3.05) is 0 Å². The third kappa shape index (κ3) is 2.11. The van der Waals surface area contributed by atoms with Crippen LogP contribution in [0.25, 0.3) is 16.8 Å². The Kier molecular flexibility index (Phi) is 3.31. The van der Waals surface area contributed by atoms with Gasteiger partial charge in [-0.15, -0.1) is 0 Å². The van der Waals surface area contributed by atoms with E-state index in [2.05, 4.69) is 12.1 Å². The van der Waals surface area contributed by atoms with E-state index in [-0.39, 0.29) is 17.4 Å². The van der Waals surface area contributed by atoms with Gasteiger partial charge in [0, 0.05) is 7.05 Å². The molecule has 0 radical (unpaired) electrons. The van der Waals surface area contributed by atoms with E-state index in [1.54, 1.807) is 23.9 Å². The topological polar surface area (TPSA) is 48.9 Å². The molecule has 1 aliphatic rings. The number of aromatic nitrogens is 3. The van der Waals surface area contributed by atoms with E-state index < -0.39 is 0 Å². The van der Waals surface area contributed by atoms with Crippen LogP contribution in [0.4, 0.5) is 0 Å². The van der Waals surface area contributed by atoms with Crippen molar-refractivity contribution < 1.29 is 0 Å². The lowest BCUT2D eigenvalue weighted by Gasteiger charge is -2.16. The van der Waals surface area contributed by atoms with Gasteiger partial charge in [-0.2, -0.15) is 0 Å². The molecule has 5 nitrogen and oxygen atoms in total. The number of benzene rings is 3. The highest BCUT2D eigenvalue weighted by Gasteiger charge is 2.33. The van der Waals surface area contributed by atoms with Crippen molar-refractivity contribution in [2.45, 2.75) is 6.04 Å². The van der Waals surface area contributed by atoms with Crippen molar-refractivity contribution in [3.05, 3.63) is 111 Å². The summed E-state index contributed by atoms with van der Waals surface area (Å²) in [4.78, 5) is 26.2. The standard InChI is InChI=1S/C22H17N3O2/c1-23-21(26)24(15-9-3-2-4-10-15)22(27)25(23)20-18-13-7-5-11-16(18)17-12-6-8-14-19(17)20/h2-14,20H,1H3. The molecule has 27 heavy (non-hydrogen) atoms. The Morgan fingerprint density at radius 3 is 1.78 bits per heavy atom. The monoisotopic (exact) mass is 355 g/mol. The van der Waals surface area contributed by atoms with Gasteiger partial charge in [0.2, 0.25) is 0 Å². The van der Waals surface area contributed by atoms with Crippen molar-refractivity contribution in [1.82, 2.24) is 13.9 Å². The Morgan fingerprint density at radius 1 is 0.667 bits per heavy atom. The van der Waals surface area contributed by atoms with Gasteiger partial charge in [0.25, 0.3) is 0 Å². The molecule has 0 spiro atoms. The molecule has 0 saturated heterocycles. The Labute approximate surface area is 155 Å². The molecule has 0 amide bonds. The number of hydrogen-bond donors (Lipinski definition) is 0. The highest BCUT2D eigenvalue weighted by Crippen LogP contribution is 2.44. The summed E-state index contributed by atoms with van der Waals surface area (Å²) in [7, 11) is 1.65. The lowest BCUT2D eigenvalue weighted by Crippen LogP contribution is -2.30. The van der Waals surface area contributed by atoms with Gasteiger partial charge in [0.05, 0.1) is 5.69 Å². The SMILES string of the molecule is Cn1c(=O)n(-c2ccccc2)c(=O)n1C1c2ccccc2-c2ccccc21. The van der Waals surface area contributed by atoms with Gasteiger partial charge in [-0.25, -0.2) is 23.5 Å². The Hall–Kier alpha value is -3.60. The van der Waals surface area contributed by atoms with Crippen molar-refractivity contribution in [2.24, 2.45) is 7.05 Å². The second-order valence-electron chi connectivity index (χ2n) is 6.68. The zero-order valence-electron chi connectivity index (χ0n) is 14.7. The minimum Gasteiger partial charge on any atom is -0.246 e. The van der Waals surface area contributed by atoms with E-state index in [1.165, 1.54) is 9.25 Å². The number of para-hydroxylation sites is 1. The predicted molar refractivity (Wildman–Crippen MR) is 104 cm³/mol. The summed E-state index contributed by atoms with van der Waals surface area (Å²) in [6.45, 7) is 0. The third-order valence-electron chi connectivity index (χ3n) is 5.24. The van der Waals surface area contributed by atoms with E-state index in [1.807, 2.05) is 54.6 Å². The fourth-order valence-corrected chi connectivity index (χ4v) is 4.02. The average Bonchev–Trinajstić information content (AvgIpc) is 3.14. The van der Waals surface area contributed by atoms with Crippen LogP contribution in [0.3, 0.4) is 0 Å². The smallest absolute Gasteiger partial charge is 0.246 e. The first-order chi connectivity index (χ1) is 13.2. The van der Waals surface area contributed by atoms with Crippen LogP contribution >= 0.6 is 0 Å². The fourth-order valence-electron chi connectivity index (χ4n) is 4.02. The lowest BCUT2D eigenvalue weighted by molar-refractivity contribution is 0.477. The molecule has 1 aliphatic carbocycles. The quantitative estimate of drug-likeness (QED) is 0.489. The van der Waals surface area contributed by atoms with Crippen molar-refractivity contribution >= 4 is 0 Å². The summed E-state index contributed by atoms with van der Waals surface area (Å²) in [6.07, 6.45) is 0. The zero-order chi connectivity index (χ0) is 18.5. The van der Waals surface area contributed by atoms with E-state index in [0.717, 1.165) is 22.3 Å². The second-order valence-corrected chi connectivity index (χ2v) is 6.68. The molecule has 1 aromatic heterocycles. The molecule has 0 atom stereocenters. The fraction of sp³-hybridized carbons (Fsp3) is 0.0909. The maximum Gasteiger partial charge on any atom is 0.352 e. The van der Waals surface area contributed by atoms with Crippen molar-refractivity contribution in [1.29, 1.82) is 0 Å². The van der Waals surface area contributed by atoms with Crippen LogP contribution < -0.4 is 11.4 Å². The molecule has 0 fully saturated rings. The molecule has 3 aromatic carbocycles. The van der Waals surface area contributed by atoms with Gasteiger partial charge in [-0.05, 0) is 34.4 Å². The van der Waals surface area contributed by atoms with Gasteiger partial charge in [0.15, 0.2) is 0 Å². The maximum absolute atomic E-state index is 13.3. The van der Waals surface area contributed by atoms with Gasteiger partial charge in [-0.3, -0.25) is 0 Å². The Bertz CT molecular complexity index is 1230. The molecular formula is C22H17N3O2. The molecule has 5 heteroatoms. The molecule has 4 aromatic rings.